The Kier molecular flexibility index (Phi) is 3.62. The number of hydrogen-bond donors (Lipinski definition) is 1. The van der Waals surface area contributed by atoms with Crippen LogP contribution in [-0.2, 0) is 6.18 Å². The molecule has 1 aromatic heterocycles. The number of nitrogens with zero attached hydrogens (tertiary/aromatic N) is 2. The Morgan fingerprint density at radius 1 is 1.17 bits per heavy atom. The van der Waals surface area contributed by atoms with Crippen LogP contribution >= 0.6 is 11.6 Å². The number of nitrogens with one attached hydrogen (secondary N) is 1. The second-order valence-electron chi connectivity index (χ2n) is 4.62. The molecule has 0 aliphatic rings. The average molecular weight is 338 g/mol. The van der Waals surface area contributed by atoms with Crippen molar-refractivity contribution in [2.45, 2.75) is 6.18 Å². The summed E-state index contributed by atoms with van der Waals surface area (Å²) in [4.78, 5) is 6.82. The van der Waals surface area contributed by atoms with E-state index in [0.29, 0.717) is 16.8 Å². The highest BCUT2D eigenvalue weighted by Gasteiger charge is 2.31. The number of aromatic amines is 1. The predicted octanol–water partition coefficient (Wildman–Crippen LogP) is 4.90. The third kappa shape index (κ3) is 3.07. The summed E-state index contributed by atoms with van der Waals surface area (Å²) in [7, 11) is 0. The van der Waals surface area contributed by atoms with Crippen molar-refractivity contribution in [2.24, 2.45) is 0 Å². The first kappa shape index (κ1) is 15.2. The molecule has 0 amide bonds. The highest BCUT2D eigenvalue weighted by molar-refractivity contribution is 6.32. The number of alkyl halides is 3. The highest BCUT2D eigenvalue weighted by atomic mass is 35.5. The van der Waals surface area contributed by atoms with E-state index in [2.05, 4.69) is 9.97 Å². The fraction of sp³-hybridized carbons (Fsp3) is 0.0667. The quantitative estimate of drug-likeness (QED) is 0.723. The van der Waals surface area contributed by atoms with E-state index >= 15 is 0 Å². The lowest BCUT2D eigenvalue weighted by Crippen LogP contribution is -2.04. The Balaban J connectivity index is 1.91. The second-order valence-corrected chi connectivity index (χ2v) is 5.03. The maximum Gasteiger partial charge on any atom is 0.416 e. The Bertz CT molecular complexity index is 928. The number of nitriles is 1. The molecule has 3 aromatic rings. The lowest BCUT2D eigenvalue weighted by Gasteiger charge is -2.11. The van der Waals surface area contributed by atoms with Crippen molar-refractivity contribution in [1.82, 2.24) is 9.97 Å². The van der Waals surface area contributed by atoms with Gasteiger partial charge in [-0.2, -0.15) is 18.4 Å². The molecular formula is C15H7ClF3N3O. The van der Waals surface area contributed by atoms with Gasteiger partial charge in [0.15, 0.2) is 0 Å². The minimum atomic E-state index is -4.47. The first-order chi connectivity index (χ1) is 10.9. The van der Waals surface area contributed by atoms with Crippen LogP contribution in [0.1, 0.15) is 11.4 Å². The Labute approximate surface area is 133 Å². The second kappa shape index (κ2) is 5.48. The van der Waals surface area contributed by atoms with Gasteiger partial charge in [-0.05, 0) is 30.3 Å². The first-order valence-electron chi connectivity index (χ1n) is 6.31. The van der Waals surface area contributed by atoms with E-state index in [1.165, 1.54) is 0 Å². The van der Waals surface area contributed by atoms with Gasteiger partial charge in [-0.25, -0.2) is 4.98 Å². The minimum Gasteiger partial charge on any atom is -0.456 e. The van der Waals surface area contributed by atoms with Gasteiger partial charge in [0.25, 0.3) is 0 Å². The van der Waals surface area contributed by atoms with Crippen molar-refractivity contribution in [3.63, 3.8) is 0 Å². The predicted molar refractivity (Wildman–Crippen MR) is 77.3 cm³/mol. The summed E-state index contributed by atoms with van der Waals surface area (Å²) in [5, 5.41) is 8.63. The molecule has 0 saturated heterocycles. The molecular weight excluding hydrogens is 331 g/mol. The lowest BCUT2D eigenvalue weighted by atomic mass is 10.2. The topological polar surface area (TPSA) is 61.7 Å². The molecule has 0 unspecified atom stereocenters. The number of benzene rings is 2. The van der Waals surface area contributed by atoms with Crippen molar-refractivity contribution in [3.05, 3.63) is 52.8 Å². The van der Waals surface area contributed by atoms with Crippen molar-refractivity contribution in [3.8, 4) is 17.6 Å². The van der Waals surface area contributed by atoms with Crippen LogP contribution in [-0.4, -0.2) is 9.97 Å². The summed E-state index contributed by atoms with van der Waals surface area (Å²) < 4.78 is 43.3. The molecule has 1 N–H and O–H groups in total. The lowest BCUT2D eigenvalue weighted by molar-refractivity contribution is -0.137. The fourth-order valence-electron chi connectivity index (χ4n) is 1.99. The average Bonchev–Trinajstić information content (AvgIpc) is 2.90. The minimum absolute atomic E-state index is 0.0926. The van der Waals surface area contributed by atoms with E-state index in [1.807, 2.05) is 6.07 Å². The third-order valence-electron chi connectivity index (χ3n) is 3.05. The van der Waals surface area contributed by atoms with Crippen molar-refractivity contribution in [2.75, 3.05) is 0 Å². The van der Waals surface area contributed by atoms with E-state index in [1.54, 1.807) is 18.2 Å². The van der Waals surface area contributed by atoms with Crippen LogP contribution in [0.4, 0.5) is 13.2 Å². The third-order valence-corrected chi connectivity index (χ3v) is 3.34. The van der Waals surface area contributed by atoms with E-state index < -0.39 is 11.7 Å². The Morgan fingerprint density at radius 2 is 1.96 bits per heavy atom. The van der Waals surface area contributed by atoms with E-state index in [0.717, 1.165) is 18.2 Å². The van der Waals surface area contributed by atoms with E-state index in [9.17, 15) is 13.2 Å². The SMILES string of the molecule is N#Cc1nc2cc(Oc3ccc(C(F)(F)F)cc3Cl)ccc2[nH]1. The molecule has 0 bridgehead atoms. The van der Waals surface area contributed by atoms with Gasteiger partial charge in [-0.1, -0.05) is 11.6 Å². The standard InChI is InChI=1S/C15H7ClF3N3O/c16-10-5-8(15(17,18)19)1-4-13(10)23-9-2-3-11-12(6-9)22-14(7-20)21-11/h1-6H,(H,21,22). The van der Waals surface area contributed by atoms with Gasteiger partial charge in [-0.15, -0.1) is 0 Å². The van der Waals surface area contributed by atoms with Crippen molar-refractivity contribution < 1.29 is 17.9 Å². The Morgan fingerprint density at radius 3 is 2.61 bits per heavy atom. The summed E-state index contributed by atoms with van der Waals surface area (Å²) in [6.45, 7) is 0. The normalized spacial score (nSPS) is 11.4. The van der Waals surface area contributed by atoms with Crippen molar-refractivity contribution in [1.29, 1.82) is 5.26 Å². The number of rotatable bonds is 2. The molecule has 0 radical (unpaired) electrons. The molecule has 8 heteroatoms. The van der Waals surface area contributed by atoms with Crippen LogP contribution in [0.3, 0.4) is 0 Å². The van der Waals surface area contributed by atoms with Crippen molar-refractivity contribution >= 4 is 22.6 Å². The van der Waals surface area contributed by atoms with Crippen LogP contribution < -0.4 is 4.74 Å². The number of imidazole rings is 1. The molecule has 4 nitrogen and oxygen atoms in total. The first-order valence-corrected chi connectivity index (χ1v) is 6.69. The fourth-order valence-corrected chi connectivity index (χ4v) is 2.21. The van der Waals surface area contributed by atoms with E-state index in [4.69, 9.17) is 21.6 Å². The zero-order valence-corrected chi connectivity index (χ0v) is 12.0. The van der Waals surface area contributed by atoms with Crippen LogP contribution in [0.15, 0.2) is 36.4 Å². The van der Waals surface area contributed by atoms with Gasteiger partial charge < -0.3 is 9.72 Å². The van der Waals surface area contributed by atoms with Gasteiger partial charge in [-0.3, -0.25) is 0 Å². The maximum absolute atomic E-state index is 12.6. The summed E-state index contributed by atoms with van der Waals surface area (Å²) in [6, 6.07) is 9.53. The number of fused-ring (bicyclic) bond motifs is 1. The number of ether oxygens (including phenoxy) is 1. The molecule has 3 rings (SSSR count). The molecule has 0 aliphatic carbocycles. The molecule has 23 heavy (non-hydrogen) atoms. The monoisotopic (exact) mass is 337 g/mol. The van der Waals surface area contributed by atoms with Gasteiger partial charge in [0.1, 0.15) is 17.6 Å². The molecule has 0 saturated carbocycles. The van der Waals surface area contributed by atoms with Crippen LogP contribution in [0.2, 0.25) is 5.02 Å². The van der Waals surface area contributed by atoms with Crippen LogP contribution in [0.5, 0.6) is 11.5 Å². The molecule has 2 aromatic carbocycles. The summed E-state index contributed by atoms with van der Waals surface area (Å²) in [5.41, 5.74) is 0.297. The number of aromatic nitrogens is 2. The van der Waals surface area contributed by atoms with Gasteiger partial charge in [0.2, 0.25) is 5.82 Å². The molecule has 0 aliphatic heterocycles. The molecule has 116 valence electrons. The maximum atomic E-state index is 12.6. The highest BCUT2D eigenvalue weighted by Crippen LogP contribution is 2.36. The summed E-state index contributed by atoms with van der Waals surface area (Å²) >= 11 is 5.84. The molecule has 1 heterocycles. The number of halogens is 4. The zero-order valence-electron chi connectivity index (χ0n) is 11.3. The smallest absolute Gasteiger partial charge is 0.416 e. The summed E-state index contributed by atoms with van der Waals surface area (Å²) in [5.74, 6) is 0.593. The molecule has 0 spiro atoms. The van der Waals surface area contributed by atoms with Gasteiger partial charge >= 0.3 is 6.18 Å². The molecule has 0 fully saturated rings. The number of hydrogen-bond acceptors (Lipinski definition) is 3. The Hall–Kier alpha value is -2.72. The molecule has 0 atom stereocenters. The van der Waals surface area contributed by atoms with Crippen LogP contribution in [0, 0.1) is 11.3 Å². The van der Waals surface area contributed by atoms with Gasteiger partial charge in [0.05, 0.1) is 21.6 Å². The van der Waals surface area contributed by atoms with E-state index in [-0.39, 0.29) is 16.6 Å². The summed E-state index contributed by atoms with van der Waals surface area (Å²) in [6.07, 6.45) is -4.47. The van der Waals surface area contributed by atoms with Crippen LogP contribution in [0.25, 0.3) is 11.0 Å². The largest absolute Gasteiger partial charge is 0.456 e. The number of H-pyrrole nitrogens is 1. The zero-order chi connectivity index (χ0) is 16.6. The van der Waals surface area contributed by atoms with Gasteiger partial charge in [0, 0.05) is 6.07 Å².